The number of halogens is 2. The zero-order chi connectivity index (χ0) is 20.0. The molecule has 0 bridgehead atoms. The average Bonchev–Trinajstić information content (AvgIpc) is 2.67. The number of carbonyl (C=O) groups is 1. The van der Waals surface area contributed by atoms with E-state index >= 15 is 0 Å². The number of rotatable bonds is 2. The van der Waals surface area contributed by atoms with Gasteiger partial charge in [0.15, 0.2) is 0 Å². The molecule has 1 aromatic heterocycles. The molecule has 0 saturated heterocycles. The minimum atomic E-state index is -0.633. The summed E-state index contributed by atoms with van der Waals surface area (Å²) < 4.78 is 1.58. The van der Waals surface area contributed by atoms with Gasteiger partial charge in [0.05, 0.1) is 11.3 Å². The number of aromatic amines is 1. The van der Waals surface area contributed by atoms with Gasteiger partial charge in [-0.3, -0.25) is 14.6 Å². The first kappa shape index (κ1) is 19.0. The standard InChI is InChI=1S/C19H14Cl2N4O2S/c1-10(26)24-15-8-7-13(21)9-14(15)16-17(27)22-19(28-2)23-25(16)18(24)11-3-5-12(20)6-4-11/h3-9,18H,1-2H3/p+1/t18-/m1/s1. The van der Waals surface area contributed by atoms with Crippen molar-refractivity contribution in [3.05, 3.63) is 68.4 Å². The van der Waals surface area contributed by atoms with Crippen LogP contribution in [0.15, 0.2) is 52.4 Å². The molecule has 1 atom stereocenters. The molecule has 1 N–H and O–H groups in total. The van der Waals surface area contributed by atoms with Crippen molar-refractivity contribution in [3.63, 3.8) is 0 Å². The fourth-order valence-electron chi connectivity index (χ4n) is 3.36. The van der Waals surface area contributed by atoms with Crippen LogP contribution in [0, 0.1) is 0 Å². The Morgan fingerprint density at radius 1 is 1.18 bits per heavy atom. The molecule has 0 spiro atoms. The minimum Gasteiger partial charge on any atom is -0.291 e. The Morgan fingerprint density at radius 3 is 2.50 bits per heavy atom. The van der Waals surface area contributed by atoms with Crippen LogP contribution in [0.4, 0.5) is 5.69 Å². The quantitative estimate of drug-likeness (QED) is 0.494. The molecule has 142 valence electrons. The molecule has 1 amide bonds. The highest BCUT2D eigenvalue weighted by atomic mass is 35.5. The molecule has 0 saturated carbocycles. The summed E-state index contributed by atoms with van der Waals surface area (Å²) >= 11 is 13.5. The van der Waals surface area contributed by atoms with Crippen LogP contribution in [-0.4, -0.2) is 22.2 Å². The van der Waals surface area contributed by atoms with E-state index in [0.29, 0.717) is 32.1 Å². The fraction of sp³-hybridized carbons (Fsp3) is 0.158. The molecule has 0 aliphatic carbocycles. The predicted molar refractivity (Wildman–Crippen MR) is 110 cm³/mol. The van der Waals surface area contributed by atoms with Gasteiger partial charge in [0, 0.05) is 27.6 Å². The van der Waals surface area contributed by atoms with E-state index in [1.165, 1.54) is 18.7 Å². The van der Waals surface area contributed by atoms with E-state index in [9.17, 15) is 9.59 Å². The number of thioether (sulfide) groups is 1. The van der Waals surface area contributed by atoms with Gasteiger partial charge in [-0.2, -0.15) is 0 Å². The number of hydrogen-bond donors (Lipinski definition) is 1. The van der Waals surface area contributed by atoms with E-state index in [4.69, 9.17) is 23.2 Å². The summed E-state index contributed by atoms with van der Waals surface area (Å²) in [6.45, 7) is 1.48. The summed E-state index contributed by atoms with van der Waals surface area (Å²) in [5.41, 5.74) is 1.96. The van der Waals surface area contributed by atoms with Crippen molar-refractivity contribution in [2.75, 3.05) is 11.2 Å². The molecule has 0 unspecified atom stereocenters. The molecule has 9 heteroatoms. The Hall–Kier alpha value is -2.35. The SMILES string of the molecule is CSc1n[n+]2c(c(=O)[nH]1)-c1cc(Cl)ccc1N(C(C)=O)[C@H]2c1ccc(Cl)cc1. The zero-order valence-corrected chi connectivity index (χ0v) is 17.3. The highest BCUT2D eigenvalue weighted by Crippen LogP contribution is 2.38. The monoisotopic (exact) mass is 433 g/mol. The molecule has 1 aliphatic heterocycles. The van der Waals surface area contributed by atoms with Gasteiger partial charge in [0.2, 0.25) is 11.1 Å². The van der Waals surface area contributed by atoms with Crippen molar-refractivity contribution in [2.45, 2.75) is 18.2 Å². The number of hydrogen-bond acceptors (Lipinski definition) is 4. The Labute approximate surface area is 175 Å². The van der Waals surface area contributed by atoms with Crippen LogP contribution in [0.25, 0.3) is 11.3 Å². The Morgan fingerprint density at radius 2 is 1.86 bits per heavy atom. The molecular formula is C19H15Cl2N4O2S+. The first-order chi connectivity index (χ1) is 13.4. The lowest BCUT2D eigenvalue weighted by atomic mass is 10.0. The number of nitrogens with zero attached hydrogens (tertiary/aromatic N) is 3. The second-order valence-corrected chi connectivity index (χ2v) is 7.90. The lowest BCUT2D eigenvalue weighted by molar-refractivity contribution is -0.763. The third-order valence-electron chi connectivity index (χ3n) is 4.51. The average molecular weight is 434 g/mol. The summed E-state index contributed by atoms with van der Waals surface area (Å²) in [4.78, 5) is 30.0. The molecule has 28 heavy (non-hydrogen) atoms. The van der Waals surface area contributed by atoms with Crippen LogP contribution in [0.2, 0.25) is 10.0 Å². The van der Waals surface area contributed by atoms with E-state index in [0.717, 1.165) is 5.56 Å². The van der Waals surface area contributed by atoms with Crippen molar-refractivity contribution in [3.8, 4) is 11.3 Å². The summed E-state index contributed by atoms with van der Waals surface area (Å²) in [6.07, 6.45) is 1.19. The number of amides is 1. The van der Waals surface area contributed by atoms with Crippen molar-refractivity contribution in [1.29, 1.82) is 0 Å². The van der Waals surface area contributed by atoms with Crippen molar-refractivity contribution in [1.82, 2.24) is 10.1 Å². The van der Waals surface area contributed by atoms with Gasteiger partial charge >= 0.3 is 11.3 Å². The number of carbonyl (C=O) groups excluding carboxylic acids is 1. The molecular weight excluding hydrogens is 419 g/mol. The van der Waals surface area contributed by atoms with Crippen LogP contribution >= 0.6 is 35.0 Å². The first-order valence-electron chi connectivity index (χ1n) is 8.36. The topological polar surface area (TPSA) is 69.9 Å². The number of fused-ring (bicyclic) bond motifs is 3. The minimum absolute atomic E-state index is 0.186. The van der Waals surface area contributed by atoms with Crippen LogP contribution in [0.1, 0.15) is 18.7 Å². The number of anilines is 1. The van der Waals surface area contributed by atoms with Crippen LogP contribution in [-0.2, 0) is 4.79 Å². The Balaban J connectivity index is 2.10. The van der Waals surface area contributed by atoms with Crippen LogP contribution < -0.4 is 15.1 Å². The van der Waals surface area contributed by atoms with Gasteiger partial charge < -0.3 is 0 Å². The second-order valence-electron chi connectivity index (χ2n) is 6.23. The molecule has 3 aromatic rings. The van der Waals surface area contributed by atoms with Crippen LogP contribution in [0.5, 0.6) is 0 Å². The van der Waals surface area contributed by atoms with Crippen molar-refractivity contribution in [2.24, 2.45) is 0 Å². The van der Waals surface area contributed by atoms with Crippen molar-refractivity contribution < 1.29 is 9.48 Å². The number of benzene rings is 2. The molecule has 2 aromatic carbocycles. The third kappa shape index (κ3) is 3.09. The molecule has 1 aliphatic rings. The Bertz CT molecular complexity index is 1150. The smallest absolute Gasteiger partial charge is 0.291 e. The van der Waals surface area contributed by atoms with E-state index < -0.39 is 6.17 Å². The predicted octanol–water partition coefficient (Wildman–Crippen LogP) is 3.67. The molecule has 6 nitrogen and oxygen atoms in total. The Kier molecular flexibility index (Phi) is 4.91. The largest absolute Gasteiger partial charge is 0.325 e. The lowest BCUT2D eigenvalue weighted by Gasteiger charge is -2.31. The summed E-state index contributed by atoms with van der Waals surface area (Å²) in [7, 11) is 0. The number of H-pyrrole nitrogens is 1. The highest BCUT2D eigenvalue weighted by Gasteiger charge is 2.44. The first-order valence-corrected chi connectivity index (χ1v) is 10.3. The van der Waals surface area contributed by atoms with E-state index in [2.05, 4.69) is 10.1 Å². The normalized spacial score (nSPS) is 15.1. The maximum absolute atomic E-state index is 12.9. The van der Waals surface area contributed by atoms with Crippen LogP contribution in [0.3, 0.4) is 0 Å². The van der Waals surface area contributed by atoms with Crippen molar-refractivity contribution >= 4 is 46.6 Å². The number of nitrogens with one attached hydrogen (secondary N) is 1. The van der Waals surface area contributed by atoms with Gasteiger partial charge in [-0.1, -0.05) is 35.0 Å². The number of aromatic nitrogens is 3. The zero-order valence-electron chi connectivity index (χ0n) is 14.9. The van der Waals surface area contributed by atoms with E-state index in [1.807, 2.05) is 18.4 Å². The molecule has 4 rings (SSSR count). The third-order valence-corrected chi connectivity index (χ3v) is 5.57. The summed E-state index contributed by atoms with van der Waals surface area (Å²) in [5, 5.41) is 6.08. The van der Waals surface area contributed by atoms with Gasteiger partial charge in [0.1, 0.15) is 0 Å². The van der Waals surface area contributed by atoms with E-state index in [1.54, 1.807) is 39.9 Å². The maximum Gasteiger partial charge on any atom is 0.325 e. The van der Waals surface area contributed by atoms with Gasteiger partial charge in [0.25, 0.3) is 6.17 Å². The summed E-state index contributed by atoms with van der Waals surface area (Å²) in [6, 6.07) is 12.2. The molecule has 0 radical (unpaired) electrons. The second kappa shape index (κ2) is 7.24. The summed E-state index contributed by atoms with van der Waals surface area (Å²) in [5.74, 6) is -0.186. The maximum atomic E-state index is 12.9. The van der Waals surface area contributed by atoms with Gasteiger partial charge in [-0.25, -0.2) is 4.90 Å². The molecule has 2 heterocycles. The fourth-order valence-corrected chi connectivity index (χ4v) is 4.03. The lowest BCUT2D eigenvalue weighted by Crippen LogP contribution is -2.60. The molecule has 0 fully saturated rings. The van der Waals surface area contributed by atoms with E-state index in [-0.39, 0.29) is 11.5 Å². The van der Waals surface area contributed by atoms with Gasteiger partial charge in [-0.05, 0) is 53.4 Å². The highest BCUT2D eigenvalue weighted by molar-refractivity contribution is 7.98. The van der Waals surface area contributed by atoms with Gasteiger partial charge in [-0.15, -0.1) is 0 Å².